The van der Waals surface area contributed by atoms with Gasteiger partial charge in [-0.15, -0.1) is 0 Å². The van der Waals surface area contributed by atoms with Gasteiger partial charge in [0.2, 0.25) is 0 Å². The maximum atomic E-state index is 12.6. The van der Waals surface area contributed by atoms with E-state index >= 15 is 0 Å². The minimum atomic E-state index is -0.907. The van der Waals surface area contributed by atoms with Crippen LogP contribution < -0.4 is 10.1 Å². The van der Waals surface area contributed by atoms with Crippen molar-refractivity contribution >= 4 is 23.2 Å². The first-order valence-corrected chi connectivity index (χ1v) is 8.44. The summed E-state index contributed by atoms with van der Waals surface area (Å²) in [7, 11) is 1.55. The van der Waals surface area contributed by atoms with Gasteiger partial charge < -0.3 is 15.2 Å². The molecule has 3 rings (SSSR count). The van der Waals surface area contributed by atoms with E-state index in [1.807, 2.05) is 30.3 Å². The molecule has 0 heterocycles. The molecule has 0 fully saturated rings. The molecule has 3 aromatic rings. The van der Waals surface area contributed by atoms with Crippen molar-refractivity contribution in [3.63, 3.8) is 0 Å². The molecule has 2 N–H and O–H groups in total. The van der Waals surface area contributed by atoms with E-state index in [0.29, 0.717) is 33.1 Å². The molecular weight excluding hydrogens is 350 g/mol. The number of methoxy groups -OCH3 is 1. The van der Waals surface area contributed by atoms with E-state index in [2.05, 4.69) is 5.32 Å². The molecular formula is C21H18ClNO3. The third kappa shape index (κ3) is 4.04. The summed E-state index contributed by atoms with van der Waals surface area (Å²) in [5, 5.41) is 14.1. The molecule has 0 radical (unpaired) electrons. The van der Waals surface area contributed by atoms with E-state index < -0.39 is 6.10 Å². The monoisotopic (exact) mass is 367 g/mol. The van der Waals surface area contributed by atoms with Gasteiger partial charge in [0, 0.05) is 21.8 Å². The number of carbonyl (C=O) groups is 1. The molecule has 0 saturated heterocycles. The van der Waals surface area contributed by atoms with Crippen molar-refractivity contribution in [2.24, 2.45) is 0 Å². The Labute approximate surface area is 157 Å². The number of aliphatic hydroxyl groups is 1. The minimum absolute atomic E-state index is 0.298. The third-order valence-electron chi connectivity index (χ3n) is 4.00. The maximum Gasteiger partial charge on any atom is 0.255 e. The summed E-state index contributed by atoms with van der Waals surface area (Å²) in [6, 6.07) is 21.1. The van der Waals surface area contributed by atoms with Gasteiger partial charge in [0.1, 0.15) is 11.9 Å². The highest BCUT2D eigenvalue weighted by Gasteiger charge is 2.17. The quantitative estimate of drug-likeness (QED) is 0.688. The van der Waals surface area contributed by atoms with E-state index in [1.165, 1.54) is 0 Å². The second kappa shape index (κ2) is 8.04. The first kappa shape index (κ1) is 18.0. The van der Waals surface area contributed by atoms with Gasteiger partial charge in [-0.25, -0.2) is 0 Å². The summed E-state index contributed by atoms with van der Waals surface area (Å²) in [4.78, 5) is 12.6. The topological polar surface area (TPSA) is 58.6 Å². The molecule has 5 heteroatoms. The van der Waals surface area contributed by atoms with Crippen LogP contribution in [0.1, 0.15) is 27.6 Å². The van der Waals surface area contributed by atoms with E-state index in [0.717, 1.165) is 0 Å². The molecule has 132 valence electrons. The molecule has 0 aliphatic heterocycles. The van der Waals surface area contributed by atoms with E-state index in [1.54, 1.807) is 49.6 Å². The van der Waals surface area contributed by atoms with Gasteiger partial charge in [-0.3, -0.25) is 4.79 Å². The molecule has 4 nitrogen and oxygen atoms in total. The minimum Gasteiger partial charge on any atom is -0.497 e. The average molecular weight is 368 g/mol. The van der Waals surface area contributed by atoms with Gasteiger partial charge in [-0.1, -0.05) is 48.0 Å². The summed E-state index contributed by atoms with van der Waals surface area (Å²) in [6.45, 7) is 0. The third-order valence-corrected chi connectivity index (χ3v) is 4.24. The fourth-order valence-electron chi connectivity index (χ4n) is 2.65. The lowest BCUT2D eigenvalue weighted by molar-refractivity contribution is 0.102. The number of amides is 1. The van der Waals surface area contributed by atoms with Crippen molar-refractivity contribution < 1.29 is 14.6 Å². The lowest BCUT2D eigenvalue weighted by Gasteiger charge is -2.17. The Bertz CT molecular complexity index is 912. The van der Waals surface area contributed by atoms with Crippen molar-refractivity contribution in [1.82, 2.24) is 0 Å². The highest BCUT2D eigenvalue weighted by Crippen LogP contribution is 2.31. The summed E-state index contributed by atoms with van der Waals surface area (Å²) < 4.78 is 5.15. The number of aliphatic hydroxyl groups excluding tert-OH is 1. The first-order valence-electron chi connectivity index (χ1n) is 8.06. The molecule has 0 aliphatic carbocycles. The number of carbonyl (C=O) groups excluding carboxylic acids is 1. The molecule has 0 aliphatic rings. The lowest BCUT2D eigenvalue weighted by atomic mass is 9.99. The van der Waals surface area contributed by atoms with Crippen LogP contribution in [0.3, 0.4) is 0 Å². The Morgan fingerprint density at radius 3 is 2.54 bits per heavy atom. The Balaban J connectivity index is 1.91. The van der Waals surface area contributed by atoms with Crippen LogP contribution in [0.5, 0.6) is 5.75 Å². The van der Waals surface area contributed by atoms with Gasteiger partial charge in [-0.2, -0.15) is 0 Å². The predicted molar refractivity (Wildman–Crippen MR) is 103 cm³/mol. The van der Waals surface area contributed by atoms with E-state index in [-0.39, 0.29) is 5.91 Å². The number of anilines is 1. The Morgan fingerprint density at radius 1 is 1.04 bits per heavy atom. The van der Waals surface area contributed by atoms with E-state index in [4.69, 9.17) is 16.3 Å². The number of hydrogen-bond donors (Lipinski definition) is 2. The number of rotatable bonds is 5. The summed E-state index contributed by atoms with van der Waals surface area (Å²) in [6.07, 6.45) is -0.907. The number of halogens is 1. The standard InChI is InChI=1S/C21H18ClNO3/c1-26-17-9-5-8-15(12-17)21(25)23-19-11-10-16(22)13-18(19)20(24)14-6-3-2-4-7-14/h2-13,20,24H,1H3,(H,23,25). The van der Waals surface area contributed by atoms with Gasteiger partial charge in [0.15, 0.2) is 0 Å². The highest BCUT2D eigenvalue weighted by molar-refractivity contribution is 6.30. The van der Waals surface area contributed by atoms with Crippen LogP contribution in [-0.2, 0) is 0 Å². The second-order valence-corrected chi connectivity index (χ2v) is 6.17. The SMILES string of the molecule is COc1cccc(C(=O)Nc2ccc(Cl)cc2C(O)c2ccccc2)c1. The molecule has 0 bridgehead atoms. The molecule has 0 spiro atoms. The number of ether oxygens (including phenoxy) is 1. The van der Waals surface area contributed by atoms with Gasteiger partial charge in [-0.05, 0) is 42.0 Å². The first-order chi connectivity index (χ1) is 12.6. The number of benzene rings is 3. The number of hydrogen-bond acceptors (Lipinski definition) is 3. The fraction of sp³-hybridized carbons (Fsp3) is 0.0952. The molecule has 1 amide bonds. The lowest BCUT2D eigenvalue weighted by Crippen LogP contribution is -2.15. The highest BCUT2D eigenvalue weighted by atomic mass is 35.5. The molecule has 1 unspecified atom stereocenters. The molecule has 0 saturated carbocycles. The normalized spacial score (nSPS) is 11.7. The van der Waals surface area contributed by atoms with Crippen LogP contribution in [0.4, 0.5) is 5.69 Å². The van der Waals surface area contributed by atoms with Crippen LogP contribution in [0.25, 0.3) is 0 Å². The van der Waals surface area contributed by atoms with Crippen molar-refractivity contribution in [3.8, 4) is 5.75 Å². The van der Waals surface area contributed by atoms with E-state index in [9.17, 15) is 9.90 Å². The Morgan fingerprint density at radius 2 is 1.81 bits per heavy atom. The summed E-state index contributed by atoms with van der Waals surface area (Å²) in [5.74, 6) is 0.297. The maximum absolute atomic E-state index is 12.6. The zero-order valence-corrected chi connectivity index (χ0v) is 14.9. The smallest absolute Gasteiger partial charge is 0.255 e. The fourth-order valence-corrected chi connectivity index (χ4v) is 2.83. The van der Waals surface area contributed by atoms with Crippen molar-refractivity contribution in [2.45, 2.75) is 6.10 Å². The largest absolute Gasteiger partial charge is 0.497 e. The summed E-state index contributed by atoms with van der Waals surface area (Å²) >= 11 is 6.10. The molecule has 1 atom stereocenters. The van der Waals surface area contributed by atoms with Crippen molar-refractivity contribution in [2.75, 3.05) is 12.4 Å². The van der Waals surface area contributed by atoms with Crippen molar-refractivity contribution in [1.29, 1.82) is 0 Å². The Kier molecular flexibility index (Phi) is 5.56. The summed E-state index contributed by atoms with van der Waals surface area (Å²) in [5.41, 5.74) is 2.20. The van der Waals surface area contributed by atoms with Crippen molar-refractivity contribution in [3.05, 3.63) is 94.5 Å². The van der Waals surface area contributed by atoms with Gasteiger partial charge >= 0.3 is 0 Å². The average Bonchev–Trinajstić information content (AvgIpc) is 2.69. The second-order valence-electron chi connectivity index (χ2n) is 5.73. The van der Waals surface area contributed by atoms with Crippen LogP contribution in [0.15, 0.2) is 72.8 Å². The van der Waals surface area contributed by atoms with Crippen LogP contribution in [0, 0.1) is 0 Å². The number of nitrogens with one attached hydrogen (secondary N) is 1. The van der Waals surface area contributed by atoms with Gasteiger partial charge in [0.25, 0.3) is 5.91 Å². The Hall–Kier alpha value is -2.82. The zero-order valence-electron chi connectivity index (χ0n) is 14.1. The molecule has 26 heavy (non-hydrogen) atoms. The molecule has 0 aromatic heterocycles. The van der Waals surface area contributed by atoms with Gasteiger partial charge in [0.05, 0.1) is 7.11 Å². The van der Waals surface area contributed by atoms with Crippen LogP contribution in [0.2, 0.25) is 5.02 Å². The zero-order chi connectivity index (χ0) is 18.5. The van der Waals surface area contributed by atoms with Crippen LogP contribution in [-0.4, -0.2) is 18.1 Å². The predicted octanol–water partition coefficient (Wildman–Crippen LogP) is 4.68. The molecule has 3 aromatic carbocycles. The van der Waals surface area contributed by atoms with Crippen LogP contribution >= 0.6 is 11.6 Å².